The number of nitrogens with zero attached hydrogens (tertiary/aromatic N) is 3. The van der Waals surface area contributed by atoms with Crippen molar-refractivity contribution < 1.29 is 13.9 Å². The number of rotatable bonds is 10. The first-order chi connectivity index (χ1) is 14.5. The number of ether oxygens (including phenoxy) is 1. The third-order valence-corrected chi connectivity index (χ3v) is 7.68. The van der Waals surface area contributed by atoms with E-state index >= 15 is 0 Å². The van der Waals surface area contributed by atoms with Crippen molar-refractivity contribution in [2.45, 2.75) is 70.2 Å². The molecule has 4 atom stereocenters. The summed E-state index contributed by atoms with van der Waals surface area (Å²) in [5.41, 5.74) is 0. The molecule has 1 aromatic heterocycles. The molecule has 162 valence electrons. The third-order valence-electron chi connectivity index (χ3n) is 6.65. The summed E-state index contributed by atoms with van der Waals surface area (Å²) in [4.78, 5) is 11.2. The van der Waals surface area contributed by atoms with E-state index in [9.17, 15) is 9.18 Å². The number of thioether (sulfide) groups is 1. The lowest BCUT2D eigenvalue weighted by atomic mass is 9.84. The maximum Gasteiger partial charge on any atom is 0.191 e. The monoisotopic (exact) mass is 431 g/mol. The van der Waals surface area contributed by atoms with Crippen molar-refractivity contribution in [3.63, 3.8) is 0 Å². The molecule has 2 bridgehead atoms. The molecule has 2 fully saturated rings. The second-order valence-electron chi connectivity index (χ2n) is 8.72. The van der Waals surface area contributed by atoms with E-state index in [2.05, 4.69) is 21.7 Å². The van der Waals surface area contributed by atoms with Crippen molar-refractivity contribution in [3.8, 4) is 5.75 Å². The van der Waals surface area contributed by atoms with Crippen LogP contribution in [0.15, 0.2) is 29.4 Å². The largest absolute Gasteiger partial charge is 0.483 e. The lowest BCUT2D eigenvalue weighted by Gasteiger charge is -2.30. The first-order valence-electron chi connectivity index (χ1n) is 11.0. The van der Waals surface area contributed by atoms with Crippen molar-refractivity contribution in [2.24, 2.45) is 17.8 Å². The fourth-order valence-electron chi connectivity index (χ4n) is 5.18. The molecule has 0 radical (unpaired) electrons. The zero-order valence-electron chi connectivity index (χ0n) is 17.7. The summed E-state index contributed by atoms with van der Waals surface area (Å²) in [6.45, 7) is 4.08. The van der Waals surface area contributed by atoms with E-state index in [1.165, 1.54) is 31.7 Å². The van der Waals surface area contributed by atoms with E-state index in [1.54, 1.807) is 36.9 Å². The van der Waals surface area contributed by atoms with Crippen molar-refractivity contribution in [3.05, 3.63) is 35.9 Å². The molecule has 2 saturated carbocycles. The van der Waals surface area contributed by atoms with Crippen LogP contribution < -0.4 is 4.74 Å². The first-order valence-corrected chi connectivity index (χ1v) is 11.9. The number of ketones is 1. The lowest BCUT2D eigenvalue weighted by Crippen LogP contribution is -2.24. The van der Waals surface area contributed by atoms with Gasteiger partial charge in [0.05, 0.1) is 0 Å². The summed E-state index contributed by atoms with van der Waals surface area (Å²) in [6.07, 6.45) is 6.73. The highest BCUT2D eigenvalue weighted by Gasteiger charge is 2.43. The van der Waals surface area contributed by atoms with Crippen LogP contribution in [0, 0.1) is 23.6 Å². The Morgan fingerprint density at radius 2 is 2.13 bits per heavy atom. The Morgan fingerprint density at radius 3 is 2.83 bits per heavy atom. The molecule has 4 unspecified atom stereocenters. The van der Waals surface area contributed by atoms with Crippen LogP contribution in [0.3, 0.4) is 0 Å². The zero-order valence-corrected chi connectivity index (χ0v) is 18.5. The van der Waals surface area contributed by atoms with Gasteiger partial charge in [0.2, 0.25) is 0 Å². The maximum absolute atomic E-state index is 14.0. The van der Waals surface area contributed by atoms with Gasteiger partial charge in [-0.1, -0.05) is 30.3 Å². The number of para-hydroxylation sites is 1. The van der Waals surface area contributed by atoms with Crippen LogP contribution in [0.2, 0.25) is 0 Å². The highest BCUT2D eigenvalue weighted by Crippen LogP contribution is 2.52. The van der Waals surface area contributed by atoms with Gasteiger partial charge in [0.15, 0.2) is 22.5 Å². The Hall–Kier alpha value is -1.89. The van der Waals surface area contributed by atoms with Crippen molar-refractivity contribution >= 4 is 17.5 Å². The second kappa shape index (κ2) is 9.50. The molecule has 1 aromatic carbocycles. The molecular weight excluding hydrogens is 401 g/mol. The van der Waals surface area contributed by atoms with Crippen LogP contribution >= 0.6 is 11.8 Å². The number of carbonyl (C=O) groups is 1. The summed E-state index contributed by atoms with van der Waals surface area (Å²) >= 11 is 1.65. The number of carbonyl (C=O) groups excluding carboxylic acids is 1. The number of Topliss-reactive ketones (excluding diaryl/α,β-unsaturated/α-hetero) is 1. The number of aromatic nitrogens is 3. The average Bonchev–Trinajstić information content (AvgIpc) is 3.46. The lowest BCUT2D eigenvalue weighted by molar-refractivity contribution is -0.117. The Labute approximate surface area is 181 Å². The molecule has 30 heavy (non-hydrogen) atoms. The van der Waals surface area contributed by atoms with E-state index in [0.717, 1.165) is 35.0 Å². The summed E-state index contributed by atoms with van der Waals surface area (Å²) in [6, 6.07) is 6.72. The van der Waals surface area contributed by atoms with Crippen LogP contribution in [0.5, 0.6) is 5.75 Å². The van der Waals surface area contributed by atoms with Crippen molar-refractivity contribution in [2.75, 3.05) is 5.75 Å². The number of benzene rings is 1. The van der Waals surface area contributed by atoms with Gasteiger partial charge in [-0.2, -0.15) is 0 Å². The van der Waals surface area contributed by atoms with E-state index in [4.69, 9.17) is 4.74 Å². The molecule has 7 heteroatoms. The van der Waals surface area contributed by atoms with Gasteiger partial charge >= 0.3 is 0 Å². The van der Waals surface area contributed by atoms with Crippen LogP contribution in [0.25, 0.3) is 0 Å². The summed E-state index contributed by atoms with van der Waals surface area (Å²) in [7, 11) is 0. The predicted molar refractivity (Wildman–Crippen MR) is 115 cm³/mol. The molecule has 0 aliphatic heterocycles. The van der Waals surface area contributed by atoms with Gasteiger partial charge in [0.25, 0.3) is 0 Å². The predicted octanol–water partition coefficient (Wildman–Crippen LogP) is 5.45. The highest BCUT2D eigenvalue weighted by molar-refractivity contribution is 7.99. The van der Waals surface area contributed by atoms with E-state index in [1.807, 2.05) is 0 Å². The minimum Gasteiger partial charge on any atom is -0.483 e. The average molecular weight is 432 g/mol. The minimum atomic E-state index is -0.372. The summed E-state index contributed by atoms with van der Waals surface area (Å²) < 4.78 is 21.9. The number of hydrogen-bond donors (Lipinski definition) is 0. The Balaban J connectivity index is 1.51. The smallest absolute Gasteiger partial charge is 0.191 e. The van der Waals surface area contributed by atoms with E-state index in [0.29, 0.717) is 12.3 Å². The molecule has 1 heterocycles. The first kappa shape index (κ1) is 21.3. The Bertz CT molecular complexity index is 887. The molecule has 0 spiro atoms. The van der Waals surface area contributed by atoms with Gasteiger partial charge in [0.1, 0.15) is 12.4 Å². The van der Waals surface area contributed by atoms with Gasteiger partial charge in [-0.3, -0.25) is 4.57 Å². The second-order valence-corrected chi connectivity index (χ2v) is 9.78. The standard InChI is InChI=1S/C23H30FN3O2S/c1-15(28)6-5-11-30-23-26-25-22(14-29-21-8-4-3-7-20(21)24)27(23)16(2)19-13-17-9-10-18(19)12-17/h3-4,7-8,16-19H,5-6,9-14H2,1-2H3. The minimum absolute atomic E-state index is 0.188. The molecule has 2 aliphatic rings. The van der Waals surface area contributed by atoms with Gasteiger partial charge < -0.3 is 9.53 Å². The van der Waals surface area contributed by atoms with Gasteiger partial charge in [-0.25, -0.2) is 4.39 Å². The number of hydrogen-bond acceptors (Lipinski definition) is 5. The third kappa shape index (κ3) is 4.71. The van der Waals surface area contributed by atoms with Crippen molar-refractivity contribution in [1.82, 2.24) is 14.8 Å². The normalized spacial score (nSPS) is 23.6. The highest BCUT2D eigenvalue weighted by atomic mass is 32.2. The van der Waals surface area contributed by atoms with E-state index in [-0.39, 0.29) is 30.0 Å². The van der Waals surface area contributed by atoms with Gasteiger partial charge in [-0.15, -0.1) is 10.2 Å². The number of halogens is 1. The topological polar surface area (TPSA) is 57.0 Å². The molecule has 0 N–H and O–H groups in total. The van der Waals surface area contributed by atoms with Crippen LogP contribution in [-0.4, -0.2) is 26.3 Å². The molecule has 0 amide bonds. The van der Waals surface area contributed by atoms with Crippen molar-refractivity contribution in [1.29, 1.82) is 0 Å². The molecule has 5 nitrogen and oxygen atoms in total. The maximum atomic E-state index is 14.0. The fraction of sp³-hybridized carbons (Fsp3) is 0.609. The zero-order chi connectivity index (χ0) is 21.1. The van der Waals surface area contributed by atoms with Crippen LogP contribution in [0.1, 0.15) is 64.2 Å². The Morgan fingerprint density at radius 1 is 1.30 bits per heavy atom. The molecule has 2 aliphatic carbocycles. The quantitative estimate of drug-likeness (QED) is 0.370. The van der Waals surface area contributed by atoms with Gasteiger partial charge in [0, 0.05) is 18.2 Å². The summed E-state index contributed by atoms with van der Waals surface area (Å²) in [5, 5.41) is 9.72. The summed E-state index contributed by atoms with van der Waals surface area (Å²) in [5.74, 6) is 3.92. The molecule has 4 rings (SSSR count). The van der Waals surface area contributed by atoms with Crippen LogP contribution in [0.4, 0.5) is 4.39 Å². The molecule has 2 aromatic rings. The molecular formula is C23H30FN3O2S. The number of fused-ring (bicyclic) bond motifs is 2. The SMILES string of the molecule is CC(=O)CCCSc1nnc(COc2ccccc2F)n1C(C)C1CC2CCC1C2. The van der Waals surface area contributed by atoms with Crippen LogP contribution in [-0.2, 0) is 11.4 Å². The van der Waals surface area contributed by atoms with E-state index < -0.39 is 0 Å². The fourth-order valence-corrected chi connectivity index (χ4v) is 6.16. The molecule has 0 saturated heterocycles. The Kier molecular flexibility index (Phi) is 6.76. The van der Waals surface area contributed by atoms with Gasteiger partial charge in [-0.05, 0) is 69.4 Å².